The third kappa shape index (κ3) is 3.07. The number of hydrogen-bond acceptors (Lipinski definition) is 3. The smallest absolute Gasteiger partial charge is 0.256 e. The minimum absolute atomic E-state index is 0.0581. The SMILES string of the molecule is COc1c(F)ccc(C(=O)N(C)[C@@H]2C[C@@H]3CC(=O)N(C)C[C@@H]3C2)c1F. The van der Waals surface area contributed by atoms with Gasteiger partial charge in [0, 0.05) is 33.1 Å². The first-order chi connectivity index (χ1) is 11.8. The Morgan fingerprint density at radius 2 is 1.96 bits per heavy atom. The van der Waals surface area contributed by atoms with E-state index in [9.17, 15) is 18.4 Å². The van der Waals surface area contributed by atoms with Gasteiger partial charge in [-0.15, -0.1) is 0 Å². The van der Waals surface area contributed by atoms with Crippen LogP contribution in [-0.4, -0.2) is 55.4 Å². The third-order valence-corrected chi connectivity index (χ3v) is 5.54. The molecule has 1 saturated carbocycles. The van der Waals surface area contributed by atoms with Crippen LogP contribution in [0, 0.1) is 23.5 Å². The largest absolute Gasteiger partial charge is 0.491 e. The van der Waals surface area contributed by atoms with E-state index in [4.69, 9.17) is 4.74 Å². The summed E-state index contributed by atoms with van der Waals surface area (Å²) in [6.07, 6.45) is 2.01. The van der Waals surface area contributed by atoms with Crippen molar-refractivity contribution in [1.29, 1.82) is 0 Å². The minimum Gasteiger partial charge on any atom is -0.491 e. The van der Waals surface area contributed by atoms with Gasteiger partial charge in [-0.25, -0.2) is 8.78 Å². The first-order valence-corrected chi connectivity index (χ1v) is 8.36. The van der Waals surface area contributed by atoms with Crippen LogP contribution in [-0.2, 0) is 4.79 Å². The molecule has 3 atom stereocenters. The van der Waals surface area contributed by atoms with E-state index >= 15 is 0 Å². The van der Waals surface area contributed by atoms with Gasteiger partial charge in [-0.2, -0.15) is 0 Å². The quantitative estimate of drug-likeness (QED) is 0.839. The molecule has 2 fully saturated rings. The van der Waals surface area contributed by atoms with Gasteiger partial charge in [0.2, 0.25) is 5.91 Å². The molecule has 0 bridgehead atoms. The molecule has 5 nitrogen and oxygen atoms in total. The zero-order valence-corrected chi connectivity index (χ0v) is 14.6. The summed E-state index contributed by atoms with van der Waals surface area (Å²) in [6.45, 7) is 0.695. The lowest BCUT2D eigenvalue weighted by Gasteiger charge is -2.31. The summed E-state index contributed by atoms with van der Waals surface area (Å²) in [4.78, 5) is 27.8. The number of methoxy groups -OCH3 is 1. The van der Waals surface area contributed by atoms with Crippen LogP contribution in [0.4, 0.5) is 8.78 Å². The number of fused-ring (bicyclic) bond motifs is 1. The Morgan fingerprint density at radius 3 is 2.64 bits per heavy atom. The van der Waals surface area contributed by atoms with Gasteiger partial charge in [0.25, 0.3) is 5.91 Å². The second-order valence-electron chi connectivity index (χ2n) is 6.98. The third-order valence-electron chi connectivity index (χ3n) is 5.54. The van der Waals surface area contributed by atoms with Crippen LogP contribution in [0.2, 0.25) is 0 Å². The Morgan fingerprint density at radius 1 is 1.28 bits per heavy atom. The highest BCUT2D eigenvalue weighted by Crippen LogP contribution is 2.40. The van der Waals surface area contributed by atoms with Crippen LogP contribution < -0.4 is 4.74 Å². The van der Waals surface area contributed by atoms with Crippen LogP contribution in [0.5, 0.6) is 5.75 Å². The number of amides is 2. The predicted molar refractivity (Wildman–Crippen MR) is 87.3 cm³/mol. The number of ether oxygens (including phenoxy) is 1. The van der Waals surface area contributed by atoms with Crippen molar-refractivity contribution in [2.45, 2.75) is 25.3 Å². The maximum absolute atomic E-state index is 14.4. The highest BCUT2D eigenvalue weighted by Gasteiger charge is 2.42. The van der Waals surface area contributed by atoms with Crippen molar-refractivity contribution < 1.29 is 23.1 Å². The molecule has 1 aliphatic carbocycles. The van der Waals surface area contributed by atoms with E-state index in [1.54, 1.807) is 19.0 Å². The Bertz CT molecular complexity index is 710. The summed E-state index contributed by atoms with van der Waals surface area (Å²) >= 11 is 0. The van der Waals surface area contributed by atoms with Crippen LogP contribution >= 0.6 is 0 Å². The number of piperidine rings is 1. The molecule has 0 radical (unpaired) electrons. The second kappa shape index (κ2) is 6.61. The molecular formula is C18H22F2N2O3. The van der Waals surface area contributed by atoms with Crippen molar-refractivity contribution >= 4 is 11.8 Å². The maximum Gasteiger partial charge on any atom is 0.256 e. The van der Waals surface area contributed by atoms with Gasteiger partial charge < -0.3 is 14.5 Å². The highest BCUT2D eigenvalue weighted by atomic mass is 19.1. The Kier molecular flexibility index (Phi) is 4.67. The van der Waals surface area contributed by atoms with Crippen molar-refractivity contribution in [2.75, 3.05) is 27.7 Å². The fourth-order valence-electron chi connectivity index (χ4n) is 4.04. The van der Waals surface area contributed by atoms with Crippen molar-refractivity contribution in [1.82, 2.24) is 9.80 Å². The van der Waals surface area contributed by atoms with E-state index in [0.717, 1.165) is 32.1 Å². The van der Waals surface area contributed by atoms with Crippen LogP contribution in [0.15, 0.2) is 12.1 Å². The van der Waals surface area contributed by atoms with Crippen molar-refractivity contribution in [3.05, 3.63) is 29.3 Å². The van der Waals surface area contributed by atoms with E-state index < -0.39 is 23.3 Å². The van der Waals surface area contributed by atoms with Gasteiger partial charge in [0.1, 0.15) is 0 Å². The summed E-state index contributed by atoms with van der Waals surface area (Å²) in [7, 11) is 4.58. The Balaban J connectivity index is 1.77. The number of nitrogens with zero attached hydrogens (tertiary/aromatic N) is 2. The van der Waals surface area contributed by atoms with Crippen LogP contribution in [0.25, 0.3) is 0 Å². The molecule has 1 heterocycles. The van der Waals surface area contributed by atoms with Gasteiger partial charge in [-0.3, -0.25) is 9.59 Å². The molecule has 1 saturated heterocycles. The molecule has 1 aromatic carbocycles. The number of halogens is 2. The lowest BCUT2D eigenvalue weighted by Crippen LogP contribution is -2.40. The molecule has 0 spiro atoms. The van der Waals surface area contributed by atoms with Crippen molar-refractivity contribution in [3.63, 3.8) is 0 Å². The van der Waals surface area contributed by atoms with Crippen LogP contribution in [0.3, 0.4) is 0 Å². The predicted octanol–water partition coefficient (Wildman–Crippen LogP) is 2.30. The van der Waals surface area contributed by atoms with Gasteiger partial charge in [0.05, 0.1) is 12.7 Å². The second-order valence-corrected chi connectivity index (χ2v) is 6.98. The van der Waals surface area contributed by atoms with Gasteiger partial charge in [-0.1, -0.05) is 0 Å². The van der Waals surface area contributed by atoms with Crippen LogP contribution in [0.1, 0.15) is 29.6 Å². The number of rotatable bonds is 3. The van der Waals surface area contributed by atoms with E-state index in [1.165, 1.54) is 4.90 Å². The molecule has 25 heavy (non-hydrogen) atoms. The van der Waals surface area contributed by atoms with Gasteiger partial charge >= 0.3 is 0 Å². The first-order valence-electron chi connectivity index (χ1n) is 8.36. The number of likely N-dealkylation sites (tertiary alicyclic amines) is 1. The zero-order valence-electron chi connectivity index (χ0n) is 14.6. The average Bonchev–Trinajstić information content (AvgIpc) is 2.97. The molecule has 1 aromatic rings. The Labute approximate surface area is 145 Å². The van der Waals surface area contributed by atoms with Gasteiger partial charge in [-0.05, 0) is 36.8 Å². The minimum atomic E-state index is -0.982. The lowest BCUT2D eigenvalue weighted by molar-refractivity contribution is -0.134. The fourth-order valence-corrected chi connectivity index (χ4v) is 4.04. The lowest BCUT2D eigenvalue weighted by atomic mass is 9.88. The maximum atomic E-state index is 14.4. The molecule has 0 aromatic heterocycles. The molecule has 0 unspecified atom stereocenters. The molecule has 1 aliphatic heterocycles. The fraction of sp³-hybridized carbons (Fsp3) is 0.556. The molecule has 0 N–H and O–H groups in total. The zero-order chi connectivity index (χ0) is 18.3. The number of hydrogen-bond donors (Lipinski definition) is 0. The summed E-state index contributed by atoms with van der Waals surface area (Å²) in [5, 5.41) is 0. The number of benzene rings is 1. The summed E-state index contributed by atoms with van der Waals surface area (Å²) in [5.74, 6) is -2.12. The monoisotopic (exact) mass is 352 g/mol. The van der Waals surface area contributed by atoms with E-state index in [1.807, 2.05) is 0 Å². The highest BCUT2D eigenvalue weighted by molar-refractivity contribution is 5.95. The summed E-state index contributed by atoms with van der Waals surface area (Å²) < 4.78 is 32.6. The first kappa shape index (κ1) is 17.6. The topological polar surface area (TPSA) is 49.9 Å². The van der Waals surface area contributed by atoms with Crippen molar-refractivity contribution in [3.8, 4) is 5.75 Å². The molecule has 2 aliphatic rings. The normalized spacial score (nSPS) is 25.7. The van der Waals surface area contributed by atoms with Crippen molar-refractivity contribution in [2.24, 2.45) is 11.8 Å². The number of carbonyl (C=O) groups excluding carboxylic acids is 2. The number of carbonyl (C=O) groups is 2. The summed E-state index contributed by atoms with van der Waals surface area (Å²) in [6, 6.07) is 2.12. The molecule has 3 rings (SSSR count). The molecule has 2 amide bonds. The standard InChI is InChI=1S/C18H22F2N2O3/c1-21-9-11-7-12(6-10(11)8-15(21)23)22(2)18(24)13-4-5-14(19)17(25-3)16(13)20/h4-5,10-12H,6-9H2,1-3H3/t10-,11+,12-/m1/s1. The van der Waals surface area contributed by atoms with E-state index in [-0.39, 0.29) is 23.4 Å². The van der Waals surface area contributed by atoms with E-state index in [2.05, 4.69) is 0 Å². The molecule has 136 valence electrons. The summed E-state index contributed by atoms with van der Waals surface area (Å²) in [5.41, 5.74) is -0.205. The average molecular weight is 352 g/mol. The van der Waals surface area contributed by atoms with E-state index in [0.29, 0.717) is 18.9 Å². The molecule has 7 heteroatoms. The Hall–Kier alpha value is -2.18. The molecular weight excluding hydrogens is 330 g/mol. The van der Waals surface area contributed by atoms with Gasteiger partial charge in [0.15, 0.2) is 17.4 Å².